The van der Waals surface area contributed by atoms with Crippen LogP contribution in [0.15, 0.2) is 12.1 Å². The predicted molar refractivity (Wildman–Crippen MR) is 72.4 cm³/mol. The number of hydrogen-bond donors (Lipinski definition) is 0. The molecular formula is C16H22F2O. The van der Waals surface area contributed by atoms with Crippen molar-refractivity contribution in [1.82, 2.24) is 0 Å². The van der Waals surface area contributed by atoms with Crippen LogP contribution in [0.25, 0.3) is 0 Å². The number of hydrogen-bond acceptors (Lipinski definition) is 1. The Morgan fingerprint density at radius 2 is 1.68 bits per heavy atom. The monoisotopic (exact) mass is 268 g/mol. The molecule has 2 rings (SSSR count). The Bertz CT molecular complexity index is 439. The molecule has 3 heteroatoms. The van der Waals surface area contributed by atoms with E-state index in [9.17, 15) is 8.78 Å². The van der Waals surface area contributed by atoms with E-state index in [2.05, 4.69) is 0 Å². The van der Waals surface area contributed by atoms with Crippen LogP contribution >= 0.6 is 0 Å². The lowest BCUT2D eigenvalue weighted by atomic mass is 9.84. The highest BCUT2D eigenvalue weighted by Gasteiger charge is 2.31. The molecule has 1 aromatic carbocycles. The second kappa shape index (κ2) is 5.20. The maximum absolute atomic E-state index is 14.2. The van der Waals surface area contributed by atoms with Crippen molar-refractivity contribution in [2.24, 2.45) is 0 Å². The van der Waals surface area contributed by atoms with E-state index in [0.717, 1.165) is 24.8 Å². The number of methoxy groups -OCH3 is 1. The van der Waals surface area contributed by atoms with Crippen LogP contribution in [0.2, 0.25) is 0 Å². The van der Waals surface area contributed by atoms with Crippen molar-refractivity contribution >= 4 is 0 Å². The molecule has 2 unspecified atom stereocenters. The lowest BCUT2D eigenvalue weighted by molar-refractivity contribution is 0.0943. The van der Waals surface area contributed by atoms with Gasteiger partial charge in [-0.2, -0.15) is 0 Å². The van der Waals surface area contributed by atoms with Gasteiger partial charge in [0.1, 0.15) is 11.6 Å². The number of halogens is 2. The van der Waals surface area contributed by atoms with E-state index < -0.39 is 17.0 Å². The second-order valence-corrected chi connectivity index (χ2v) is 6.42. The average Bonchev–Trinajstić information content (AvgIpc) is 2.73. The van der Waals surface area contributed by atoms with Gasteiger partial charge in [0.2, 0.25) is 0 Å². The number of benzene rings is 1. The van der Waals surface area contributed by atoms with Crippen LogP contribution in [0.3, 0.4) is 0 Å². The van der Waals surface area contributed by atoms with Gasteiger partial charge in [-0.05, 0) is 36.0 Å². The first-order valence-electron chi connectivity index (χ1n) is 6.87. The zero-order valence-corrected chi connectivity index (χ0v) is 12.1. The van der Waals surface area contributed by atoms with Gasteiger partial charge in [-0.15, -0.1) is 0 Å². The minimum atomic E-state index is -0.525. The summed E-state index contributed by atoms with van der Waals surface area (Å²) >= 11 is 0. The predicted octanol–water partition coefficient (Wildman–Crippen LogP) is 4.54. The summed E-state index contributed by atoms with van der Waals surface area (Å²) in [5.74, 6) is -0.767. The highest BCUT2D eigenvalue weighted by Crippen LogP contribution is 2.38. The van der Waals surface area contributed by atoms with E-state index in [1.807, 2.05) is 20.8 Å². The topological polar surface area (TPSA) is 9.23 Å². The first-order valence-corrected chi connectivity index (χ1v) is 6.87. The minimum Gasteiger partial charge on any atom is -0.381 e. The zero-order valence-electron chi connectivity index (χ0n) is 12.1. The molecule has 0 aromatic heterocycles. The first kappa shape index (κ1) is 14.4. The Balaban J connectivity index is 2.40. The van der Waals surface area contributed by atoms with Gasteiger partial charge >= 0.3 is 0 Å². The van der Waals surface area contributed by atoms with Crippen molar-refractivity contribution in [2.75, 3.05) is 7.11 Å². The third kappa shape index (κ3) is 2.81. The van der Waals surface area contributed by atoms with Gasteiger partial charge < -0.3 is 4.74 Å². The Hall–Kier alpha value is -0.960. The summed E-state index contributed by atoms with van der Waals surface area (Å²) in [6.07, 6.45) is 3.03. The summed E-state index contributed by atoms with van der Waals surface area (Å²) in [4.78, 5) is 0. The fraction of sp³-hybridized carbons (Fsp3) is 0.625. The molecule has 2 atom stereocenters. The van der Waals surface area contributed by atoms with E-state index in [1.54, 1.807) is 7.11 Å². The van der Waals surface area contributed by atoms with Crippen LogP contribution in [-0.2, 0) is 10.2 Å². The van der Waals surface area contributed by atoms with Gasteiger partial charge in [-0.1, -0.05) is 27.2 Å². The summed E-state index contributed by atoms with van der Waals surface area (Å²) in [5.41, 5.74) is 0.374. The molecule has 0 amide bonds. The standard InChI is InChI=1S/C16H22F2O/c1-16(2,3)15-12(17)8-10(9-13(15)18)11-6-5-7-14(11)19-4/h8-9,11,14H,5-7H2,1-4H3. The molecule has 1 aliphatic carbocycles. The molecular weight excluding hydrogens is 246 g/mol. The van der Waals surface area contributed by atoms with Gasteiger partial charge in [0.15, 0.2) is 0 Å². The molecule has 0 spiro atoms. The third-order valence-electron chi connectivity index (χ3n) is 4.00. The molecule has 1 aliphatic rings. The molecule has 1 saturated carbocycles. The molecule has 0 N–H and O–H groups in total. The van der Waals surface area contributed by atoms with Crippen LogP contribution in [0.4, 0.5) is 8.78 Å². The lowest BCUT2D eigenvalue weighted by Gasteiger charge is -2.24. The molecule has 0 heterocycles. The molecule has 0 saturated heterocycles. The quantitative estimate of drug-likeness (QED) is 0.765. The molecule has 1 nitrogen and oxygen atoms in total. The van der Waals surface area contributed by atoms with Crippen LogP contribution in [0.1, 0.15) is 57.1 Å². The van der Waals surface area contributed by atoms with Gasteiger partial charge in [-0.3, -0.25) is 0 Å². The molecule has 1 aromatic rings. The maximum atomic E-state index is 14.2. The Morgan fingerprint density at radius 3 is 2.16 bits per heavy atom. The summed E-state index contributed by atoms with van der Waals surface area (Å²) < 4.78 is 33.8. The summed E-state index contributed by atoms with van der Waals surface area (Å²) in [5, 5.41) is 0. The SMILES string of the molecule is COC1CCCC1c1cc(F)c(C(C)(C)C)c(F)c1. The second-order valence-electron chi connectivity index (χ2n) is 6.42. The summed E-state index contributed by atoms with van der Waals surface area (Å²) in [7, 11) is 1.67. The average molecular weight is 268 g/mol. The fourth-order valence-corrected chi connectivity index (χ4v) is 3.11. The van der Waals surface area contributed by atoms with Crippen LogP contribution in [-0.4, -0.2) is 13.2 Å². The zero-order chi connectivity index (χ0) is 14.2. The van der Waals surface area contributed by atoms with Crippen LogP contribution in [0.5, 0.6) is 0 Å². The van der Waals surface area contributed by atoms with Crippen molar-refractivity contribution in [3.8, 4) is 0 Å². The highest BCUT2D eigenvalue weighted by molar-refractivity contribution is 5.33. The number of ether oxygens (including phenoxy) is 1. The van der Waals surface area contributed by atoms with Crippen molar-refractivity contribution in [2.45, 2.75) is 57.5 Å². The molecule has 0 bridgehead atoms. The van der Waals surface area contributed by atoms with E-state index in [0.29, 0.717) is 0 Å². The van der Waals surface area contributed by atoms with Gasteiger partial charge in [0.25, 0.3) is 0 Å². The minimum absolute atomic E-state index is 0.0827. The number of rotatable bonds is 2. The largest absolute Gasteiger partial charge is 0.381 e. The van der Waals surface area contributed by atoms with Crippen molar-refractivity contribution < 1.29 is 13.5 Å². The molecule has 1 fully saturated rings. The Kier molecular flexibility index (Phi) is 3.95. The molecule has 106 valence electrons. The van der Waals surface area contributed by atoms with Gasteiger partial charge in [-0.25, -0.2) is 8.78 Å². The summed E-state index contributed by atoms with van der Waals surface area (Å²) in [6, 6.07) is 2.98. The third-order valence-corrected chi connectivity index (χ3v) is 4.00. The van der Waals surface area contributed by atoms with E-state index in [-0.39, 0.29) is 17.6 Å². The van der Waals surface area contributed by atoms with Gasteiger partial charge in [0.05, 0.1) is 6.10 Å². The van der Waals surface area contributed by atoms with E-state index >= 15 is 0 Å². The van der Waals surface area contributed by atoms with E-state index in [1.165, 1.54) is 12.1 Å². The van der Waals surface area contributed by atoms with Crippen LogP contribution in [0, 0.1) is 11.6 Å². The molecule has 0 aliphatic heterocycles. The van der Waals surface area contributed by atoms with E-state index in [4.69, 9.17) is 4.74 Å². The first-order chi connectivity index (χ1) is 8.84. The lowest BCUT2D eigenvalue weighted by Crippen LogP contribution is -2.19. The normalized spacial score (nSPS) is 23.9. The van der Waals surface area contributed by atoms with Crippen molar-refractivity contribution in [1.29, 1.82) is 0 Å². The van der Waals surface area contributed by atoms with Gasteiger partial charge in [0, 0.05) is 18.6 Å². The maximum Gasteiger partial charge on any atom is 0.130 e. The van der Waals surface area contributed by atoms with Crippen molar-refractivity contribution in [3.05, 3.63) is 34.9 Å². The molecule has 19 heavy (non-hydrogen) atoms. The Morgan fingerprint density at radius 1 is 1.11 bits per heavy atom. The Labute approximate surface area is 114 Å². The molecule has 0 radical (unpaired) electrons. The summed E-state index contributed by atoms with van der Waals surface area (Å²) in [6.45, 7) is 5.46. The highest BCUT2D eigenvalue weighted by atomic mass is 19.1. The fourth-order valence-electron chi connectivity index (χ4n) is 3.11. The smallest absolute Gasteiger partial charge is 0.130 e. The van der Waals surface area contributed by atoms with Crippen molar-refractivity contribution in [3.63, 3.8) is 0 Å². The van der Waals surface area contributed by atoms with Crippen LogP contribution < -0.4 is 0 Å².